The summed E-state index contributed by atoms with van der Waals surface area (Å²) in [5.74, 6) is -0.442. The fourth-order valence-electron chi connectivity index (χ4n) is 1.13. The van der Waals surface area contributed by atoms with Gasteiger partial charge in [-0.25, -0.2) is 4.98 Å². The van der Waals surface area contributed by atoms with Gasteiger partial charge in [0.05, 0.1) is 12.2 Å². The molecule has 1 amide bonds. The van der Waals surface area contributed by atoms with E-state index in [0.29, 0.717) is 0 Å². The van der Waals surface area contributed by atoms with E-state index in [0.717, 1.165) is 0 Å². The van der Waals surface area contributed by atoms with Gasteiger partial charge in [-0.1, -0.05) is 0 Å². The maximum Gasteiger partial charge on any atom is 0.411 e. The first-order valence-electron chi connectivity index (χ1n) is 5.03. The zero-order valence-electron chi connectivity index (χ0n) is 9.33. The van der Waals surface area contributed by atoms with Crippen molar-refractivity contribution in [1.82, 2.24) is 10.3 Å². The molecule has 100 valence electrons. The van der Waals surface area contributed by atoms with Crippen LogP contribution in [0.25, 0.3) is 0 Å². The third kappa shape index (κ3) is 5.00. The van der Waals surface area contributed by atoms with Crippen molar-refractivity contribution in [2.75, 3.05) is 25.5 Å². The molecule has 0 atom stereocenters. The lowest BCUT2D eigenvalue weighted by atomic mass is 10.2. The number of alkyl halides is 3. The van der Waals surface area contributed by atoms with Gasteiger partial charge in [-0.3, -0.25) is 4.79 Å². The van der Waals surface area contributed by atoms with Crippen LogP contribution in [-0.4, -0.2) is 36.8 Å². The molecule has 18 heavy (non-hydrogen) atoms. The number of nitrogens with zero attached hydrogens (tertiary/aromatic N) is 1. The Morgan fingerprint density at radius 1 is 1.50 bits per heavy atom. The van der Waals surface area contributed by atoms with Crippen molar-refractivity contribution in [2.24, 2.45) is 0 Å². The number of pyridine rings is 1. The highest BCUT2D eigenvalue weighted by atomic mass is 19.4. The number of carbonyl (C=O) groups excluding carboxylic acids is 1. The highest BCUT2D eigenvalue weighted by Gasteiger charge is 2.27. The number of nitrogen functional groups attached to an aromatic ring is 1. The van der Waals surface area contributed by atoms with E-state index in [9.17, 15) is 18.0 Å². The number of nitrogens with two attached hydrogens (primary N) is 1. The van der Waals surface area contributed by atoms with E-state index in [1.165, 1.54) is 18.3 Å². The molecule has 0 saturated carbocycles. The molecule has 0 bridgehead atoms. The fraction of sp³-hybridized carbons (Fsp3) is 0.400. The third-order valence-corrected chi connectivity index (χ3v) is 1.88. The molecule has 0 aliphatic carbocycles. The molecule has 0 radical (unpaired) electrons. The van der Waals surface area contributed by atoms with Crippen molar-refractivity contribution in [3.63, 3.8) is 0 Å². The Morgan fingerprint density at radius 3 is 2.83 bits per heavy atom. The van der Waals surface area contributed by atoms with Crippen molar-refractivity contribution in [1.29, 1.82) is 0 Å². The first kappa shape index (κ1) is 14.2. The lowest BCUT2D eigenvalue weighted by Crippen LogP contribution is -2.29. The van der Waals surface area contributed by atoms with Gasteiger partial charge in [0, 0.05) is 12.7 Å². The first-order valence-corrected chi connectivity index (χ1v) is 5.03. The van der Waals surface area contributed by atoms with Gasteiger partial charge in [0.2, 0.25) is 0 Å². The van der Waals surface area contributed by atoms with Crippen molar-refractivity contribution in [2.45, 2.75) is 6.18 Å². The molecule has 0 unspecified atom stereocenters. The summed E-state index contributed by atoms with van der Waals surface area (Å²) in [5, 5.41) is 2.37. The van der Waals surface area contributed by atoms with E-state index in [1.54, 1.807) is 0 Å². The topological polar surface area (TPSA) is 77.2 Å². The predicted molar refractivity (Wildman–Crippen MR) is 57.9 cm³/mol. The molecule has 0 aliphatic heterocycles. The zero-order chi connectivity index (χ0) is 13.6. The van der Waals surface area contributed by atoms with Crippen molar-refractivity contribution < 1.29 is 22.7 Å². The number of carbonyl (C=O) groups is 1. The average Bonchev–Trinajstić information content (AvgIpc) is 2.27. The lowest BCUT2D eigenvalue weighted by molar-refractivity contribution is -0.173. The minimum Gasteiger partial charge on any atom is -0.383 e. The third-order valence-electron chi connectivity index (χ3n) is 1.88. The number of halogens is 3. The Kier molecular flexibility index (Phi) is 4.90. The SMILES string of the molecule is Nc1ncccc1C(=O)NCCOCC(F)(F)F. The number of ether oxygens (including phenoxy) is 1. The normalized spacial score (nSPS) is 11.3. The smallest absolute Gasteiger partial charge is 0.383 e. The number of rotatable bonds is 5. The summed E-state index contributed by atoms with van der Waals surface area (Å²) in [6.07, 6.45) is -2.93. The van der Waals surface area contributed by atoms with E-state index in [2.05, 4.69) is 15.0 Å². The second-order valence-corrected chi connectivity index (χ2v) is 3.36. The molecule has 0 fully saturated rings. The Hall–Kier alpha value is -1.83. The Balaban J connectivity index is 2.28. The van der Waals surface area contributed by atoms with Crippen LogP contribution in [0.4, 0.5) is 19.0 Å². The van der Waals surface area contributed by atoms with Gasteiger partial charge in [0.1, 0.15) is 12.4 Å². The minimum absolute atomic E-state index is 0.0384. The van der Waals surface area contributed by atoms with Gasteiger partial charge in [-0.15, -0.1) is 0 Å². The molecule has 1 aromatic heterocycles. The van der Waals surface area contributed by atoms with Crippen LogP contribution in [0.3, 0.4) is 0 Å². The average molecular weight is 263 g/mol. The molecule has 0 aliphatic rings. The molecular weight excluding hydrogens is 251 g/mol. The highest BCUT2D eigenvalue weighted by Crippen LogP contribution is 2.14. The molecule has 1 aromatic rings. The van der Waals surface area contributed by atoms with E-state index in [1.807, 2.05) is 0 Å². The number of anilines is 1. The number of hydrogen-bond acceptors (Lipinski definition) is 4. The fourth-order valence-corrected chi connectivity index (χ4v) is 1.13. The van der Waals surface area contributed by atoms with E-state index < -0.39 is 18.7 Å². The van der Waals surface area contributed by atoms with Gasteiger partial charge >= 0.3 is 6.18 Å². The van der Waals surface area contributed by atoms with Crippen molar-refractivity contribution in [3.05, 3.63) is 23.9 Å². The Morgan fingerprint density at radius 2 is 2.22 bits per heavy atom. The number of hydrogen-bond donors (Lipinski definition) is 2. The van der Waals surface area contributed by atoms with Crippen LogP contribution in [0.5, 0.6) is 0 Å². The van der Waals surface area contributed by atoms with Crippen LogP contribution in [0.1, 0.15) is 10.4 Å². The van der Waals surface area contributed by atoms with Gasteiger partial charge < -0.3 is 15.8 Å². The Bertz CT molecular complexity index is 410. The van der Waals surface area contributed by atoms with Gasteiger partial charge in [0.15, 0.2) is 0 Å². The van der Waals surface area contributed by atoms with E-state index in [4.69, 9.17) is 5.73 Å². The largest absolute Gasteiger partial charge is 0.411 e. The molecular formula is C10H12F3N3O2. The summed E-state index contributed by atoms with van der Waals surface area (Å²) in [6.45, 7) is -1.60. The standard InChI is InChI=1S/C10H12F3N3O2/c11-10(12,13)6-18-5-4-16-9(17)7-2-1-3-15-8(7)14/h1-3H,4-6H2,(H2,14,15)(H,16,17). The summed E-state index contributed by atoms with van der Waals surface area (Å²) in [7, 11) is 0. The van der Waals surface area contributed by atoms with Crippen LogP contribution in [0.2, 0.25) is 0 Å². The molecule has 1 heterocycles. The van der Waals surface area contributed by atoms with Crippen LogP contribution >= 0.6 is 0 Å². The van der Waals surface area contributed by atoms with Gasteiger partial charge in [-0.2, -0.15) is 13.2 Å². The second-order valence-electron chi connectivity index (χ2n) is 3.36. The summed E-state index contributed by atoms with van der Waals surface area (Å²) >= 11 is 0. The van der Waals surface area contributed by atoms with E-state index in [-0.39, 0.29) is 24.5 Å². The number of amides is 1. The minimum atomic E-state index is -4.36. The van der Waals surface area contributed by atoms with Gasteiger partial charge in [-0.05, 0) is 12.1 Å². The maximum atomic E-state index is 11.7. The van der Waals surface area contributed by atoms with Crippen molar-refractivity contribution >= 4 is 11.7 Å². The molecule has 1 rings (SSSR count). The van der Waals surface area contributed by atoms with Crippen LogP contribution in [0, 0.1) is 0 Å². The van der Waals surface area contributed by atoms with Crippen LogP contribution < -0.4 is 11.1 Å². The zero-order valence-corrected chi connectivity index (χ0v) is 9.33. The van der Waals surface area contributed by atoms with Crippen LogP contribution in [0.15, 0.2) is 18.3 Å². The number of aromatic nitrogens is 1. The first-order chi connectivity index (χ1) is 8.40. The quantitative estimate of drug-likeness (QED) is 0.776. The van der Waals surface area contributed by atoms with E-state index >= 15 is 0 Å². The molecule has 5 nitrogen and oxygen atoms in total. The molecule has 3 N–H and O–H groups in total. The summed E-state index contributed by atoms with van der Waals surface area (Å²) in [6, 6.07) is 3.00. The number of nitrogens with one attached hydrogen (secondary N) is 1. The van der Waals surface area contributed by atoms with Gasteiger partial charge in [0.25, 0.3) is 5.91 Å². The summed E-state index contributed by atoms with van der Waals surface area (Å²) < 4.78 is 39.5. The predicted octanol–water partition coefficient (Wildman–Crippen LogP) is 0.972. The molecule has 0 saturated heterocycles. The Labute approximate surface area is 101 Å². The highest BCUT2D eigenvalue weighted by molar-refractivity contribution is 5.98. The molecule has 8 heteroatoms. The molecule has 0 spiro atoms. The lowest BCUT2D eigenvalue weighted by Gasteiger charge is -2.09. The monoisotopic (exact) mass is 263 g/mol. The maximum absolute atomic E-state index is 11.7. The second kappa shape index (κ2) is 6.20. The molecule has 0 aromatic carbocycles. The summed E-state index contributed by atoms with van der Waals surface area (Å²) in [4.78, 5) is 15.2. The summed E-state index contributed by atoms with van der Waals surface area (Å²) in [5.41, 5.74) is 5.63. The van der Waals surface area contributed by atoms with Crippen molar-refractivity contribution in [3.8, 4) is 0 Å². The van der Waals surface area contributed by atoms with Crippen LogP contribution in [-0.2, 0) is 4.74 Å².